The molecule has 0 N–H and O–H groups in total. The third-order valence-corrected chi connectivity index (χ3v) is 5.64. The molecule has 0 radical (unpaired) electrons. The largest absolute Gasteiger partial charge is 0.417 e. The number of halogens is 3. The summed E-state index contributed by atoms with van der Waals surface area (Å²) in [6.07, 6.45) is -3.54. The van der Waals surface area contributed by atoms with Crippen LogP contribution in [0.25, 0.3) is 10.3 Å². The normalized spacial score (nSPS) is 14.4. The van der Waals surface area contributed by atoms with E-state index in [-0.39, 0.29) is 5.37 Å². The second-order valence-electron chi connectivity index (χ2n) is 5.88. The molecule has 0 aliphatic heterocycles. The quantitative estimate of drug-likeness (QED) is 0.535. The molecule has 0 bridgehead atoms. The first-order chi connectivity index (χ1) is 10.6. The molecule has 0 spiro atoms. The summed E-state index contributed by atoms with van der Waals surface area (Å²) in [6.45, 7) is 10.6. The Morgan fingerprint density at radius 2 is 1.74 bits per heavy atom. The molecule has 0 amide bonds. The van der Waals surface area contributed by atoms with Crippen LogP contribution in [0.1, 0.15) is 40.2 Å². The van der Waals surface area contributed by atoms with Crippen LogP contribution < -0.4 is 0 Å². The summed E-state index contributed by atoms with van der Waals surface area (Å²) in [4.78, 5) is 10.5. The molecular formula is C15H20F3N3S2. The van der Waals surface area contributed by atoms with Crippen molar-refractivity contribution in [1.29, 1.82) is 0 Å². The van der Waals surface area contributed by atoms with Gasteiger partial charge in [0.15, 0.2) is 9.99 Å². The van der Waals surface area contributed by atoms with Crippen molar-refractivity contribution in [2.45, 2.75) is 62.6 Å². The van der Waals surface area contributed by atoms with E-state index in [1.165, 1.54) is 11.3 Å². The van der Waals surface area contributed by atoms with E-state index in [9.17, 15) is 13.2 Å². The highest BCUT2D eigenvalue weighted by Crippen LogP contribution is 2.36. The van der Waals surface area contributed by atoms with Gasteiger partial charge >= 0.3 is 6.18 Å². The van der Waals surface area contributed by atoms with Gasteiger partial charge in [-0.2, -0.15) is 13.2 Å². The monoisotopic (exact) mass is 363 g/mol. The van der Waals surface area contributed by atoms with Gasteiger partial charge in [-0.05, 0) is 40.7 Å². The van der Waals surface area contributed by atoms with Gasteiger partial charge in [0.2, 0.25) is 0 Å². The number of alkyl halides is 3. The average molecular weight is 363 g/mol. The molecule has 1 atom stereocenters. The van der Waals surface area contributed by atoms with E-state index in [4.69, 9.17) is 0 Å². The fraction of sp³-hybridized carbons (Fsp3) is 0.600. The summed E-state index contributed by atoms with van der Waals surface area (Å²) in [7, 11) is 0. The Labute approximate surface area is 142 Å². The van der Waals surface area contributed by atoms with E-state index in [1.807, 2.05) is 0 Å². The van der Waals surface area contributed by atoms with E-state index in [0.717, 1.165) is 16.6 Å². The van der Waals surface area contributed by atoms with E-state index in [1.54, 1.807) is 11.8 Å². The Bertz CT molecular complexity index is 660. The molecule has 1 unspecified atom stereocenters. The summed E-state index contributed by atoms with van der Waals surface area (Å²) in [6, 6.07) is 1.88. The van der Waals surface area contributed by atoms with Gasteiger partial charge in [0.05, 0.1) is 15.6 Å². The topological polar surface area (TPSA) is 29.0 Å². The van der Waals surface area contributed by atoms with Crippen molar-refractivity contribution in [1.82, 2.24) is 14.9 Å². The van der Waals surface area contributed by atoms with Crippen molar-refractivity contribution in [3.63, 3.8) is 0 Å². The van der Waals surface area contributed by atoms with E-state index >= 15 is 0 Å². The molecule has 128 valence electrons. The molecule has 2 rings (SSSR count). The van der Waals surface area contributed by atoms with Gasteiger partial charge in [0, 0.05) is 18.3 Å². The molecule has 0 aliphatic carbocycles. The smallest absolute Gasteiger partial charge is 0.286 e. The molecule has 2 heterocycles. The lowest BCUT2D eigenvalue weighted by molar-refractivity contribution is -0.137. The Morgan fingerprint density at radius 3 is 2.26 bits per heavy atom. The number of nitrogens with zero attached hydrogens (tertiary/aromatic N) is 3. The second-order valence-corrected chi connectivity index (χ2v) is 8.47. The number of rotatable bonds is 5. The highest BCUT2D eigenvalue weighted by atomic mass is 32.2. The second kappa shape index (κ2) is 6.94. The molecule has 2 aromatic rings. The molecule has 2 aromatic heterocycles. The van der Waals surface area contributed by atoms with Crippen LogP contribution in [-0.2, 0) is 6.18 Å². The van der Waals surface area contributed by atoms with E-state index in [0.29, 0.717) is 22.4 Å². The van der Waals surface area contributed by atoms with Crippen molar-refractivity contribution < 1.29 is 13.2 Å². The van der Waals surface area contributed by atoms with Crippen molar-refractivity contribution in [3.8, 4) is 0 Å². The number of thioether (sulfide) groups is 1. The molecule has 23 heavy (non-hydrogen) atoms. The standard InChI is InChI=1S/C15H20F3N3S2/c1-8(2)21(9(3)4)10(5)22-14-20-13-12(23-14)6-11(7-19-13)15(16,17)18/h6-10H,1-5H3. The number of aromatic nitrogens is 2. The fourth-order valence-corrected chi connectivity index (χ4v) is 5.26. The predicted molar refractivity (Wildman–Crippen MR) is 89.8 cm³/mol. The highest BCUT2D eigenvalue weighted by Gasteiger charge is 2.31. The maximum atomic E-state index is 12.7. The zero-order chi connectivity index (χ0) is 17.4. The summed E-state index contributed by atoms with van der Waals surface area (Å²) in [5.41, 5.74) is -0.359. The zero-order valence-electron chi connectivity index (χ0n) is 13.7. The molecule has 3 nitrogen and oxygen atoms in total. The van der Waals surface area contributed by atoms with Crippen molar-refractivity contribution in [2.75, 3.05) is 0 Å². The van der Waals surface area contributed by atoms with Gasteiger partial charge in [-0.1, -0.05) is 11.8 Å². The zero-order valence-corrected chi connectivity index (χ0v) is 15.3. The lowest BCUT2D eigenvalue weighted by Crippen LogP contribution is -2.41. The maximum absolute atomic E-state index is 12.7. The Kier molecular flexibility index (Phi) is 5.58. The number of hydrogen-bond acceptors (Lipinski definition) is 5. The van der Waals surface area contributed by atoms with Crippen LogP contribution in [0.5, 0.6) is 0 Å². The Balaban J connectivity index is 2.24. The summed E-state index contributed by atoms with van der Waals surface area (Å²) in [5.74, 6) is 0. The van der Waals surface area contributed by atoms with Crippen LogP contribution in [0.3, 0.4) is 0 Å². The average Bonchev–Trinajstić information content (AvgIpc) is 2.77. The first-order valence-electron chi connectivity index (χ1n) is 7.37. The number of fused-ring (bicyclic) bond motifs is 1. The Morgan fingerprint density at radius 1 is 1.13 bits per heavy atom. The van der Waals surface area contributed by atoms with Crippen molar-refractivity contribution >= 4 is 33.4 Å². The number of thiazole rings is 1. The van der Waals surface area contributed by atoms with Gasteiger partial charge in [0.1, 0.15) is 0 Å². The third-order valence-electron chi connectivity index (χ3n) is 3.44. The van der Waals surface area contributed by atoms with Crippen LogP contribution in [-0.4, -0.2) is 32.3 Å². The summed E-state index contributed by atoms with van der Waals surface area (Å²) < 4.78 is 39.5. The minimum atomic E-state index is -4.38. The van der Waals surface area contributed by atoms with Crippen LogP contribution in [0.2, 0.25) is 0 Å². The van der Waals surface area contributed by atoms with Crippen LogP contribution in [0.4, 0.5) is 13.2 Å². The maximum Gasteiger partial charge on any atom is 0.417 e. The van der Waals surface area contributed by atoms with Crippen LogP contribution in [0, 0.1) is 0 Å². The third kappa shape index (κ3) is 4.36. The predicted octanol–water partition coefficient (Wildman–Crippen LogP) is 5.27. The van der Waals surface area contributed by atoms with Gasteiger partial charge in [-0.15, -0.1) is 11.3 Å². The van der Waals surface area contributed by atoms with Crippen molar-refractivity contribution in [3.05, 3.63) is 17.8 Å². The van der Waals surface area contributed by atoms with E-state index in [2.05, 4.69) is 49.5 Å². The molecule has 0 aromatic carbocycles. The molecule has 0 saturated heterocycles. The molecule has 0 saturated carbocycles. The SMILES string of the molecule is CC(C)N(C(C)C)C(C)Sc1nc2ncc(C(F)(F)F)cc2s1. The fourth-order valence-electron chi connectivity index (χ4n) is 2.65. The lowest BCUT2D eigenvalue weighted by Gasteiger charge is -2.35. The Hall–Kier alpha value is -0.860. The molecule has 8 heteroatoms. The van der Waals surface area contributed by atoms with Crippen LogP contribution in [0.15, 0.2) is 16.6 Å². The van der Waals surface area contributed by atoms with Gasteiger partial charge in [-0.25, -0.2) is 9.97 Å². The molecular weight excluding hydrogens is 343 g/mol. The molecule has 0 aliphatic rings. The highest BCUT2D eigenvalue weighted by molar-refractivity contribution is 8.01. The van der Waals surface area contributed by atoms with Gasteiger partial charge < -0.3 is 0 Å². The summed E-state index contributed by atoms with van der Waals surface area (Å²) in [5, 5.41) is 0.178. The van der Waals surface area contributed by atoms with E-state index < -0.39 is 11.7 Å². The summed E-state index contributed by atoms with van der Waals surface area (Å²) >= 11 is 2.82. The first-order valence-corrected chi connectivity index (χ1v) is 9.07. The van der Waals surface area contributed by atoms with Crippen LogP contribution >= 0.6 is 23.1 Å². The number of hydrogen-bond donors (Lipinski definition) is 0. The van der Waals surface area contributed by atoms with Gasteiger partial charge in [0.25, 0.3) is 0 Å². The minimum absolute atomic E-state index is 0.178. The first kappa shape index (κ1) is 18.5. The lowest BCUT2D eigenvalue weighted by atomic mass is 10.2. The number of pyridine rings is 1. The van der Waals surface area contributed by atoms with Crippen molar-refractivity contribution in [2.24, 2.45) is 0 Å². The molecule has 0 fully saturated rings. The minimum Gasteiger partial charge on any atom is -0.286 e. The van der Waals surface area contributed by atoms with Gasteiger partial charge in [-0.3, -0.25) is 4.90 Å².